The lowest BCUT2D eigenvalue weighted by Gasteiger charge is -2.09. The van der Waals surface area contributed by atoms with Crippen molar-refractivity contribution in [1.29, 1.82) is 0 Å². The number of hydrogen-bond donors (Lipinski definition) is 3. The molecule has 0 spiro atoms. The number of hydrogen-bond acceptors (Lipinski definition) is 3. The number of ether oxygens (including phenoxy) is 1. The molecule has 2 aromatic carbocycles. The smallest absolute Gasteiger partial charge is 0.238 e. The summed E-state index contributed by atoms with van der Waals surface area (Å²) in [6, 6.07) is 13.0. The Labute approximate surface area is 184 Å². The number of para-hydroxylation sites is 1. The van der Waals surface area contributed by atoms with E-state index < -0.39 is 0 Å². The lowest BCUT2D eigenvalue weighted by atomic mass is 10.1. The van der Waals surface area contributed by atoms with E-state index in [1.807, 2.05) is 24.4 Å². The Hall–Kier alpha value is -2.70. The van der Waals surface area contributed by atoms with Crippen LogP contribution in [0.2, 0.25) is 10.0 Å². The van der Waals surface area contributed by atoms with Gasteiger partial charge in [-0.3, -0.25) is 20.4 Å². The molecule has 0 saturated carbocycles. The Kier molecular flexibility index (Phi) is 7.99. The van der Waals surface area contributed by atoms with Crippen molar-refractivity contribution in [3.63, 3.8) is 0 Å². The lowest BCUT2D eigenvalue weighted by Crippen LogP contribution is -2.41. The van der Waals surface area contributed by atoms with Gasteiger partial charge in [-0.15, -0.1) is 0 Å². The Morgan fingerprint density at radius 3 is 2.47 bits per heavy atom. The van der Waals surface area contributed by atoms with Gasteiger partial charge in [0.2, 0.25) is 11.8 Å². The number of benzene rings is 2. The summed E-state index contributed by atoms with van der Waals surface area (Å²) >= 11 is 11.9. The molecule has 3 rings (SSSR count). The van der Waals surface area contributed by atoms with Crippen molar-refractivity contribution in [1.82, 2.24) is 15.8 Å². The zero-order valence-electron chi connectivity index (χ0n) is 16.3. The summed E-state index contributed by atoms with van der Waals surface area (Å²) < 4.78 is 5.53. The van der Waals surface area contributed by atoms with Crippen LogP contribution in [-0.2, 0) is 16.0 Å². The summed E-state index contributed by atoms with van der Waals surface area (Å²) in [6.45, 7) is 0.327. The normalized spacial score (nSPS) is 10.7. The van der Waals surface area contributed by atoms with Gasteiger partial charge in [-0.05, 0) is 49.1 Å². The molecule has 1 aromatic heterocycles. The summed E-state index contributed by atoms with van der Waals surface area (Å²) in [5, 5.41) is 2.13. The van der Waals surface area contributed by atoms with Crippen LogP contribution in [0.5, 0.6) is 5.75 Å². The number of rotatable bonds is 9. The molecule has 0 fully saturated rings. The molecule has 8 heteroatoms. The molecule has 0 saturated heterocycles. The molecule has 0 aliphatic heterocycles. The highest BCUT2D eigenvalue weighted by Crippen LogP contribution is 2.27. The van der Waals surface area contributed by atoms with Crippen LogP contribution in [0.15, 0.2) is 48.7 Å². The average Bonchev–Trinajstić information content (AvgIpc) is 3.14. The van der Waals surface area contributed by atoms with Crippen LogP contribution in [0, 0.1) is 0 Å². The first-order valence-electron chi connectivity index (χ1n) is 9.73. The number of aryl methyl sites for hydroxylation is 1. The zero-order chi connectivity index (χ0) is 21.3. The van der Waals surface area contributed by atoms with Crippen LogP contribution >= 0.6 is 23.2 Å². The minimum atomic E-state index is -0.272. The van der Waals surface area contributed by atoms with E-state index in [0.29, 0.717) is 41.7 Å². The Morgan fingerprint density at radius 1 is 0.967 bits per heavy atom. The standard InChI is InChI=1S/C22H23Cl2N3O3/c23-16-10-11-20(18(24)13-16)30-12-4-9-22(29)27-26-21(28)8-3-5-15-14-25-19-7-2-1-6-17(15)19/h1-2,6-7,10-11,13-14,25H,3-5,8-9,12H2,(H,26,28)(H,27,29). The van der Waals surface area contributed by atoms with E-state index in [1.165, 1.54) is 10.9 Å². The first-order valence-corrected chi connectivity index (χ1v) is 10.5. The molecule has 0 radical (unpaired) electrons. The Bertz CT molecular complexity index is 1020. The van der Waals surface area contributed by atoms with Gasteiger partial charge in [-0.25, -0.2) is 0 Å². The molecule has 0 aliphatic rings. The van der Waals surface area contributed by atoms with Gasteiger partial charge in [0.1, 0.15) is 5.75 Å². The number of aromatic nitrogens is 1. The van der Waals surface area contributed by atoms with Gasteiger partial charge in [-0.1, -0.05) is 41.4 Å². The number of halogens is 2. The van der Waals surface area contributed by atoms with Gasteiger partial charge in [0, 0.05) is 35.0 Å². The van der Waals surface area contributed by atoms with Crippen LogP contribution in [0.25, 0.3) is 10.9 Å². The van der Waals surface area contributed by atoms with Crippen molar-refractivity contribution in [3.05, 3.63) is 64.3 Å². The summed E-state index contributed by atoms with van der Waals surface area (Å²) in [5.41, 5.74) is 7.15. The Balaban J connectivity index is 1.28. The SMILES string of the molecule is O=C(CCCOc1ccc(Cl)cc1Cl)NNC(=O)CCCc1c[nH]c2ccccc12. The second-order valence-corrected chi connectivity index (χ2v) is 7.68. The third-order valence-electron chi connectivity index (χ3n) is 4.57. The van der Waals surface area contributed by atoms with Crippen LogP contribution < -0.4 is 15.6 Å². The van der Waals surface area contributed by atoms with E-state index >= 15 is 0 Å². The quantitative estimate of drug-likeness (QED) is 0.325. The fraction of sp³-hybridized carbons (Fsp3) is 0.273. The maximum atomic E-state index is 11.9. The third-order valence-corrected chi connectivity index (χ3v) is 5.10. The minimum absolute atomic E-state index is 0.215. The van der Waals surface area contributed by atoms with Crippen molar-refractivity contribution >= 4 is 45.9 Å². The maximum absolute atomic E-state index is 11.9. The number of amides is 2. The first kappa shape index (κ1) is 22.0. The van der Waals surface area contributed by atoms with E-state index in [-0.39, 0.29) is 18.2 Å². The number of aromatic amines is 1. The fourth-order valence-electron chi connectivity index (χ4n) is 3.05. The predicted octanol–water partition coefficient (Wildman–Crippen LogP) is 4.80. The summed E-state index contributed by atoms with van der Waals surface area (Å²) in [6.07, 6.45) is 4.50. The van der Waals surface area contributed by atoms with Gasteiger partial charge in [0.15, 0.2) is 0 Å². The lowest BCUT2D eigenvalue weighted by molar-refractivity contribution is -0.129. The molecule has 1 heterocycles. The number of carbonyl (C=O) groups excluding carboxylic acids is 2. The summed E-state index contributed by atoms with van der Waals surface area (Å²) in [5.74, 6) is 0.0307. The van der Waals surface area contributed by atoms with Crippen molar-refractivity contribution in [2.75, 3.05) is 6.61 Å². The van der Waals surface area contributed by atoms with Crippen LogP contribution in [0.1, 0.15) is 31.2 Å². The van der Waals surface area contributed by atoms with E-state index in [4.69, 9.17) is 27.9 Å². The van der Waals surface area contributed by atoms with Crippen molar-refractivity contribution < 1.29 is 14.3 Å². The fourth-order valence-corrected chi connectivity index (χ4v) is 3.51. The van der Waals surface area contributed by atoms with Gasteiger partial charge < -0.3 is 9.72 Å². The molecule has 158 valence electrons. The maximum Gasteiger partial charge on any atom is 0.238 e. The number of carbonyl (C=O) groups is 2. The second-order valence-electron chi connectivity index (χ2n) is 6.84. The number of nitrogens with one attached hydrogen (secondary N) is 3. The number of hydrazine groups is 1. The first-order chi connectivity index (χ1) is 14.5. The molecule has 6 nitrogen and oxygen atoms in total. The number of H-pyrrole nitrogens is 1. The van der Waals surface area contributed by atoms with Gasteiger partial charge >= 0.3 is 0 Å². The highest BCUT2D eigenvalue weighted by Gasteiger charge is 2.08. The average molecular weight is 448 g/mol. The van der Waals surface area contributed by atoms with E-state index in [9.17, 15) is 9.59 Å². The van der Waals surface area contributed by atoms with E-state index in [0.717, 1.165) is 11.9 Å². The molecule has 0 bridgehead atoms. The number of fused-ring (bicyclic) bond motifs is 1. The molecule has 3 N–H and O–H groups in total. The molecule has 3 aromatic rings. The molecule has 30 heavy (non-hydrogen) atoms. The van der Waals surface area contributed by atoms with Crippen LogP contribution in [-0.4, -0.2) is 23.4 Å². The highest BCUT2D eigenvalue weighted by atomic mass is 35.5. The van der Waals surface area contributed by atoms with E-state index in [1.54, 1.807) is 18.2 Å². The van der Waals surface area contributed by atoms with Gasteiger partial charge in [-0.2, -0.15) is 0 Å². The molecule has 0 atom stereocenters. The zero-order valence-corrected chi connectivity index (χ0v) is 17.9. The van der Waals surface area contributed by atoms with Crippen molar-refractivity contribution in [2.24, 2.45) is 0 Å². The largest absolute Gasteiger partial charge is 0.492 e. The van der Waals surface area contributed by atoms with Crippen molar-refractivity contribution in [2.45, 2.75) is 32.1 Å². The van der Waals surface area contributed by atoms with Crippen LogP contribution in [0.3, 0.4) is 0 Å². The van der Waals surface area contributed by atoms with Gasteiger partial charge in [0.05, 0.1) is 11.6 Å². The summed E-state index contributed by atoms with van der Waals surface area (Å²) in [4.78, 5) is 27.0. The molecule has 0 aliphatic carbocycles. The topological polar surface area (TPSA) is 83.2 Å². The minimum Gasteiger partial charge on any atom is -0.492 e. The second kappa shape index (κ2) is 10.9. The predicted molar refractivity (Wildman–Crippen MR) is 119 cm³/mol. The molecular formula is C22H23Cl2N3O3. The monoisotopic (exact) mass is 447 g/mol. The highest BCUT2D eigenvalue weighted by molar-refractivity contribution is 6.35. The molecule has 2 amide bonds. The molecule has 0 unspecified atom stereocenters. The van der Waals surface area contributed by atoms with Crippen molar-refractivity contribution in [3.8, 4) is 5.75 Å². The van der Waals surface area contributed by atoms with Crippen LogP contribution in [0.4, 0.5) is 0 Å². The Morgan fingerprint density at radius 2 is 1.70 bits per heavy atom. The molecular weight excluding hydrogens is 425 g/mol. The summed E-state index contributed by atoms with van der Waals surface area (Å²) in [7, 11) is 0. The van der Waals surface area contributed by atoms with E-state index in [2.05, 4.69) is 21.9 Å². The van der Waals surface area contributed by atoms with Gasteiger partial charge in [0.25, 0.3) is 0 Å². The third kappa shape index (κ3) is 6.40.